The number of esters is 1. The van der Waals surface area contributed by atoms with E-state index in [1.165, 1.54) is 12.0 Å². The van der Waals surface area contributed by atoms with Crippen LogP contribution in [-0.4, -0.2) is 95.2 Å². The molecule has 3 fully saturated rings. The maximum absolute atomic E-state index is 15.0. The number of nitrogens with zero attached hydrogens (tertiary/aromatic N) is 2. The Morgan fingerprint density at radius 2 is 1.90 bits per heavy atom. The Morgan fingerprint density at radius 3 is 2.54 bits per heavy atom. The number of carbonyl (C=O) groups excluding carboxylic acids is 4. The molecule has 3 saturated heterocycles. The highest BCUT2D eigenvalue weighted by atomic mass is 79.9. The highest BCUT2D eigenvalue weighted by Crippen LogP contribution is 2.61. The summed E-state index contributed by atoms with van der Waals surface area (Å²) in [4.78, 5) is 60.0. The van der Waals surface area contributed by atoms with Gasteiger partial charge < -0.3 is 34.4 Å². The quantitative estimate of drug-likeness (QED) is 0.134. The molecule has 3 heterocycles. The number of benzene rings is 2. The number of carbonyl (C=O) groups is 4. The second kappa shape index (κ2) is 16.9. The van der Waals surface area contributed by atoms with Crippen LogP contribution in [0.1, 0.15) is 55.4 Å². The molecule has 0 saturated carbocycles. The van der Waals surface area contributed by atoms with E-state index in [0.29, 0.717) is 24.1 Å². The smallest absolute Gasteiger partial charge is 0.313 e. The van der Waals surface area contributed by atoms with E-state index in [9.17, 15) is 19.5 Å². The number of rotatable bonds is 17. The number of aliphatic hydroxyl groups excluding tert-OH is 1. The molecule has 2 aromatic rings. The normalized spacial score (nSPS) is 26.3. The summed E-state index contributed by atoms with van der Waals surface area (Å²) in [6.07, 6.45) is 2.87. The summed E-state index contributed by atoms with van der Waals surface area (Å²) < 4.78 is 18.6. The lowest BCUT2D eigenvalue weighted by Gasteiger charge is -2.39. The second-order valence-electron chi connectivity index (χ2n) is 13.9. The highest BCUT2D eigenvalue weighted by molar-refractivity contribution is 9.09. The number of methoxy groups -OCH3 is 1. The zero-order valence-corrected chi connectivity index (χ0v) is 31.9. The molecule has 3 amide bonds. The molecule has 2 aromatic carbocycles. The molecule has 0 aromatic heterocycles. The zero-order valence-electron chi connectivity index (χ0n) is 30.3. The third-order valence-electron chi connectivity index (χ3n) is 10.5. The van der Waals surface area contributed by atoms with Gasteiger partial charge in [-0.3, -0.25) is 19.2 Å². The topological polar surface area (TPSA) is 135 Å². The van der Waals surface area contributed by atoms with Crippen LogP contribution < -0.4 is 10.2 Å². The fourth-order valence-corrected chi connectivity index (χ4v) is 9.09. The van der Waals surface area contributed by atoms with Gasteiger partial charge in [-0.1, -0.05) is 77.5 Å². The maximum Gasteiger partial charge on any atom is 0.313 e. The van der Waals surface area contributed by atoms with E-state index >= 15 is 4.79 Å². The molecule has 0 radical (unpaired) electrons. The Labute approximate surface area is 314 Å². The maximum atomic E-state index is 15.0. The molecular formula is C40H50BrN3O8. The molecule has 9 atom stereocenters. The Morgan fingerprint density at radius 1 is 1.17 bits per heavy atom. The first-order chi connectivity index (χ1) is 25.0. The molecule has 11 nitrogen and oxygen atoms in total. The number of anilines is 1. The van der Waals surface area contributed by atoms with Crippen molar-refractivity contribution >= 4 is 45.3 Å². The predicted octanol–water partition coefficient (Wildman–Crippen LogP) is 4.72. The predicted molar refractivity (Wildman–Crippen MR) is 201 cm³/mol. The Kier molecular flexibility index (Phi) is 12.8. The number of halogens is 1. The fourth-order valence-electron chi connectivity index (χ4n) is 8.14. The summed E-state index contributed by atoms with van der Waals surface area (Å²) in [7, 11) is 1.50. The molecule has 12 heteroatoms. The van der Waals surface area contributed by atoms with Crippen molar-refractivity contribution in [3.63, 3.8) is 0 Å². The van der Waals surface area contributed by atoms with Crippen LogP contribution in [0.2, 0.25) is 0 Å². The van der Waals surface area contributed by atoms with Crippen molar-refractivity contribution in [2.45, 2.75) is 87.2 Å². The van der Waals surface area contributed by atoms with Crippen molar-refractivity contribution < 1.29 is 38.5 Å². The van der Waals surface area contributed by atoms with Crippen molar-refractivity contribution in [2.24, 2.45) is 11.8 Å². The number of aryl methyl sites for hydroxylation is 2. The van der Waals surface area contributed by atoms with Gasteiger partial charge in [0.1, 0.15) is 17.7 Å². The number of amides is 3. The van der Waals surface area contributed by atoms with E-state index in [2.05, 4.69) is 34.4 Å². The standard InChI is InChI=1S/C40H50BrN3O8/c1-7-10-16-31(46)42-29(23-50-6)34(26-14-12-11-13-15-26)51-39(49)32-33-37(47)44(27(9-3)22-45)36(40(33)21-28(41)35(32)52-40)38(48)43(19-8-2)30-20-24(4)17-18-25(30)5/h7-8,11-15,17-18,20,27-29,32-36,45H,1-2,9-10,16,19,21-23H2,3-6H3,(H,42,46)/t27-,28?,29-,32-,33+,34-,35-,36-,40+/m0/s1. The van der Waals surface area contributed by atoms with Crippen LogP contribution in [0, 0.1) is 25.7 Å². The third kappa shape index (κ3) is 7.35. The number of hydrogen-bond donors (Lipinski definition) is 2. The van der Waals surface area contributed by atoms with Crippen LogP contribution in [-0.2, 0) is 33.4 Å². The minimum atomic E-state index is -1.39. The van der Waals surface area contributed by atoms with Gasteiger partial charge in [0.25, 0.3) is 5.91 Å². The summed E-state index contributed by atoms with van der Waals surface area (Å²) in [5, 5.41) is 13.5. The van der Waals surface area contributed by atoms with Gasteiger partial charge in [-0.25, -0.2) is 0 Å². The average molecular weight is 781 g/mol. The van der Waals surface area contributed by atoms with Crippen molar-refractivity contribution in [3.05, 3.63) is 90.5 Å². The first kappa shape index (κ1) is 39.4. The van der Waals surface area contributed by atoms with E-state index in [4.69, 9.17) is 14.2 Å². The van der Waals surface area contributed by atoms with Crippen molar-refractivity contribution in [2.75, 3.05) is 31.8 Å². The van der Waals surface area contributed by atoms with Gasteiger partial charge in [-0.2, -0.15) is 0 Å². The molecule has 2 bridgehead atoms. The lowest BCUT2D eigenvalue weighted by molar-refractivity contribution is -0.163. The van der Waals surface area contributed by atoms with Crippen molar-refractivity contribution in [3.8, 4) is 0 Å². The molecule has 52 heavy (non-hydrogen) atoms. The molecular weight excluding hydrogens is 730 g/mol. The summed E-state index contributed by atoms with van der Waals surface area (Å²) in [5.74, 6) is -3.90. The number of likely N-dealkylation sites (tertiary alicyclic amines) is 1. The Balaban J connectivity index is 1.56. The highest BCUT2D eigenvalue weighted by Gasteiger charge is 2.77. The second-order valence-corrected chi connectivity index (χ2v) is 15.1. The van der Waals surface area contributed by atoms with Gasteiger partial charge in [-0.15, -0.1) is 13.2 Å². The van der Waals surface area contributed by atoms with Gasteiger partial charge in [0.15, 0.2) is 0 Å². The van der Waals surface area contributed by atoms with Crippen LogP contribution in [0.4, 0.5) is 5.69 Å². The largest absolute Gasteiger partial charge is 0.455 e. The van der Waals surface area contributed by atoms with Crippen LogP contribution in [0.5, 0.6) is 0 Å². The minimum Gasteiger partial charge on any atom is -0.455 e. The van der Waals surface area contributed by atoms with E-state index in [1.54, 1.807) is 29.2 Å². The number of allylic oxidation sites excluding steroid dienone is 1. The first-order valence-corrected chi connectivity index (χ1v) is 18.8. The summed E-state index contributed by atoms with van der Waals surface area (Å²) in [6, 6.07) is 12.3. The Hall–Kier alpha value is -3.84. The SMILES string of the molecule is C=CCCC(=O)N[C@@H](COC)[C@@H](OC(=O)[C@@H]1[C@H]2O[C@@]3(CC2Br)[C@H](C(=O)N(CC=C)c2cc(C)ccc2C)N([C@@H](CC)CO)C(=O)[C@@H]13)c1ccccc1. The van der Waals surface area contributed by atoms with Crippen LogP contribution in [0.15, 0.2) is 73.8 Å². The summed E-state index contributed by atoms with van der Waals surface area (Å²) >= 11 is 3.74. The van der Waals surface area contributed by atoms with Crippen LogP contribution in [0.25, 0.3) is 0 Å². The molecule has 3 aliphatic rings. The molecule has 2 N–H and O–H groups in total. The molecule has 3 aliphatic heterocycles. The van der Waals surface area contributed by atoms with Gasteiger partial charge in [0.05, 0.1) is 43.2 Å². The molecule has 5 rings (SSSR count). The van der Waals surface area contributed by atoms with Gasteiger partial charge in [0, 0.05) is 30.6 Å². The Bertz CT molecular complexity index is 1650. The molecule has 280 valence electrons. The summed E-state index contributed by atoms with van der Waals surface area (Å²) in [5.41, 5.74) is 1.74. The van der Waals surface area contributed by atoms with E-state index in [0.717, 1.165) is 11.1 Å². The number of fused-ring (bicyclic) bond motifs is 1. The number of alkyl halides is 1. The number of ether oxygens (including phenoxy) is 3. The van der Waals surface area contributed by atoms with Gasteiger partial charge >= 0.3 is 5.97 Å². The van der Waals surface area contributed by atoms with Crippen LogP contribution >= 0.6 is 15.9 Å². The average Bonchev–Trinajstić information content (AvgIpc) is 3.73. The number of aliphatic hydroxyl groups is 1. The lowest BCUT2D eigenvalue weighted by Crippen LogP contribution is -2.59. The molecule has 1 spiro atoms. The molecule has 1 unspecified atom stereocenters. The van der Waals surface area contributed by atoms with Crippen molar-refractivity contribution in [1.29, 1.82) is 0 Å². The van der Waals surface area contributed by atoms with Crippen LogP contribution in [0.3, 0.4) is 0 Å². The summed E-state index contributed by atoms with van der Waals surface area (Å²) in [6.45, 7) is 13.1. The van der Waals surface area contributed by atoms with E-state index in [1.807, 2.05) is 57.2 Å². The number of hydrogen-bond acceptors (Lipinski definition) is 8. The minimum absolute atomic E-state index is 0.0428. The van der Waals surface area contributed by atoms with Gasteiger partial charge in [0.2, 0.25) is 11.8 Å². The zero-order chi connectivity index (χ0) is 37.7. The number of nitrogens with one attached hydrogen (secondary N) is 1. The fraction of sp³-hybridized carbons (Fsp3) is 0.500. The van der Waals surface area contributed by atoms with E-state index in [-0.39, 0.29) is 49.2 Å². The third-order valence-corrected chi connectivity index (χ3v) is 11.4. The first-order valence-electron chi connectivity index (χ1n) is 17.9. The molecule has 0 aliphatic carbocycles. The van der Waals surface area contributed by atoms with Gasteiger partial charge in [-0.05, 0) is 55.9 Å². The monoisotopic (exact) mass is 779 g/mol. The van der Waals surface area contributed by atoms with E-state index < -0.39 is 59.6 Å². The lowest BCUT2D eigenvalue weighted by atomic mass is 9.70. The van der Waals surface area contributed by atoms with Crippen molar-refractivity contribution in [1.82, 2.24) is 10.2 Å².